The Bertz CT molecular complexity index is 1150. The van der Waals surface area contributed by atoms with Crippen molar-refractivity contribution in [2.75, 3.05) is 6.61 Å². The number of nitrogens with zero attached hydrogens (tertiary/aromatic N) is 1. The third-order valence-electron chi connectivity index (χ3n) is 6.96. The fourth-order valence-electron chi connectivity index (χ4n) is 5.30. The second-order valence-corrected chi connectivity index (χ2v) is 9.52. The van der Waals surface area contributed by atoms with Crippen LogP contribution in [0, 0.1) is 0 Å². The van der Waals surface area contributed by atoms with E-state index in [-0.39, 0.29) is 30.1 Å². The highest BCUT2D eigenvalue weighted by atomic mass is 16.5. The normalized spacial score (nSPS) is 23.4. The van der Waals surface area contributed by atoms with Crippen LogP contribution in [0.4, 0.5) is 0 Å². The Morgan fingerprint density at radius 1 is 0.722 bits per heavy atom. The number of carbonyl (C=O) groups excluding carboxylic acids is 1. The van der Waals surface area contributed by atoms with Crippen LogP contribution in [0.2, 0.25) is 0 Å². The molecule has 0 bridgehead atoms. The molecule has 1 fully saturated rings. The van der Waals surface area contributed by atoms with Gasteiger partial charge in [-0.05, 0) is 23.6 Å². The van der Waals surface area contributed by atoms with Gasteiger partial charge in [0.05, 0.1) is 38.5 Å². The van der Waals surface area contributed by atoms with Gasteiger partial charge in [-0.15, -0.1) is 0 Å². The number of allylic oxidation sites excluding steroid dienone is 2. The van der Waals surface area contributed by atoms with Crippen molar-refractivity contribution >= 4 is 5.78 Å². The fraction of sp³-hybridized carbons (Fsp3) is 0.323. The Balaban J connectivity index is 1.39. The Kier molecular flexibility index (Phi) is 7.91. The zero-order valence-corrected chi connectivity index (χ0v) is 20.7. The lowest BCUT2D eigenvalue weighted by atomic mass is 10.00. The molecule has 0 spiro atoms. The minimum absolute atomic E-state index is 0.0625. The van der Waals surface area contributed by atoms with Crippen LogP contribution >= 0.6 is 0 Å². The summed E-state index contributed by atoms with van der Waals surface area (Å²) in [6.45, 7) is 3.95. The van der Waals surface area contributed by atoms with Crippen molar-refractivity contribution in [3.05, 3.63) is 119 Å². The summed E-state index contributed by atoms with van der Waals surface area (Å²) in [6.07, 6.45) is 1.65. The third kappa shape index (κ3) is 5.76. The summed E-state index contributed by atoms with van der Waals surface area (Å²) < 4.78 is 19.4. The van der Waals surface area contributed by atoms with Crippen LogP contribution in [0.25, 0.3) is 0 Å². The van der Waals surface area contributed by atoms with E-state index in [9.17, 15) is 4.79 Å². The molecule has 2 aliphatic rings. The summed E-state index contributed by atoms with van der Waals surface area (Å²) in [7, 11) is 0. The lowest BCUT2D eigenvalue weighted by molar-refractivity contribution is -0.118. The Hall–Kier alpha value is -3.25. The first-order chi connectivity index (χ1) is 17.7. The molecule has 0 saturated carbocycles. The molecule has 1 saturated heterocycles. The van der Waals surface area contributed by atoms with Gasteiger partial charge in [0.25, 0.3) is 0 Å². The first kappa shape index (κ1) is 24.4. The smallest absolute Gasteiger partial charge is 0.159 e. The van der Waals surface area contributed by atoms with Crippen molar-refractivity contribution in [3.63, 3.8) is 0 Å². The quantitative estimate of drug-likeness (QED) is 0.392. The molecule has 0 aliphatic carbocycles. The Labute approximate surface area is 213 Å². The number of hydrogen-bond donors (Lipinski definition) is 0. The van der Waals surface area contributed by atoms with E-state index in [4.69, 9.17) is 14.2 Å². The first-order valence-electron chi connectivity index (χ1n) is 12.6. The molecule has 5 nitrogen and oxygen atoms in total. The number of fused-ring (bicyclic) bond motifs is 1. The lowest BCUT2D eigenvalue weighted by Crippen LogP contribution is -2.44. The average molecular weight is 484 g/mol. The number of ketones is 1. The molecule has 0 unspecified atom stereocenters. The van der Waals surface area contributed by atoms with Crippen molar-refractivity contribution in [1.29, 1.82) is 0 Å². The van der Waals surface area contributed by atoms with Gasteiger partial charge in [0.1, 0.15) is 12.2 Å². The molecule has 5 rings (SSSR count). The van der Waals surface area contributed by atoms with Gasteiger partial charge in [-0.1, -0.05) is 91.0 Å². The van der Waals surface area contributed by atoms with Crippen LogP contribution in [-0.2, 0) is 38.8 Å². The van der Waals surface area contributed by atoms with Crippen LogP contribution in [0.5, 0.6) is 0 Å². The highest BCUT2D eigenvalue weighted by Crippen LogP contribution is 2.38. The summed E-state index contributed by atoms with van der Waals surface area (Å²) in [5.41, 5.74) is 4.29. The van der Waals surface area contributed by atoms with E-state index in [0.29, 0.717) is 32.8 Å². The molecule has 0 radical (unpaired) electrons. The number of rotatable bonds is 10. The summed E-state index contributed by atoms with van der Waals surface area (Å²) in [4.78, 5) is 14.9. The maximum atomic E-state index is 12.6. The van der Waals surface area contributed by atoms with Crippen molar-refractivity contribution < 1.29 is 19.0 Å². The molecule has 0 amide bonds. The van der Waals surface area contributed by atoms with E-state index >= 15 is 0 Å². The number of benzene rings is 3. The molecule has 4 atom stereocenters. The van der Waals surface area contributed by atoms with Gasteiger partial charge in [-0.2, -0.15) is 0 Å². The van der Waals surface area contributed by atoms with Gasteiger partial charge in [0.15, 0.2) is 5.78 Å². The van der Waals surface area contributed by atoms with Crippen LogP contribution in [0.3, 0.4) is 0 Å². The summed E-state index contributed by atoms with van der Waals surface area (Å²) >= 11 is 0. The molecule has 3 aromatic carbocycles. The molecule has 36 heavy (non-hydrogen) atoms. The highest BCUT2D eigenvalue weighted by molar-refractivity contribution is 5.91. The van der Waals surface area contributed by atoms with Crippen molar-refractivity contribution in [2.45, 2.75) is 57.5 Å². The topological polar surface area (TPSA) is 48.0 Å². The molecule has 2 heterocycles. The molecule has 0 aromatic heterocycles. The largest absolute Gasteiger partial charge is 0.375 e. The van der Waals surface area contributed by atoms with E-state index in [0.717, 1.165) is 22.4 Å². The highest BCUT2D eigenvalue weighted by Gasteiger charge is 2.52. The maximum Gasteiger partial charge on any atom is 0.159 e. The predicted molar refractivity (Wildman–Crippen MR) is 139 cm³/mol. The summed E-state index contributed by atoms with van der Waals surface area (Å²) in [5.74, 6) is 0.134. The van der Waals surface area contributed by atoms with Crippen LogP contribution < -0.4 is 0 Å². The van der Waals surface area contributed by atoms with Crippen molar-refractivity contribution in [2.24, 2.45) is 0 Å². The zero-order chi connectivity index (χ0) is 24.7. The Morgan fingerprint density at radius 2 is 1.22 bits per heavy atom. The van der Waals surface area contributed by atoms with E-state index < -0.39 is 0 Å². The molecule has 3 aromatic rings. The first-order valence-corrected chi connectivity index (χ1v) is 12.6. The molecular formula is C31H33NO4. The van der Waals surface area contributed by atoms with Crippen molar-refractivity contribution in [1.82, 2.24) is 4.90 Å². The number of hydrogen-bond acceptors (Lipinski definition) is 5. The van der Waals surface area contributed by atoms with Crippen molar-refractivity contribution in [3.8, 4) is 0 Å². The second kappa shape index (κ2) is 11.7. The van der Waals surface area contributed by atoms with Gasteiger partial charge < -0.3 is 19.1 Å². The second-order valence-electron chi connectivity index (χ2n) is 9.52. The maximum absolute atomic E-state index is 12.6. The molecule has 2 aliphatic heterocycles. The van der Waals surface area contributed by atoms with Crippen LogP contribution in [0.1, 0.15) is 30.0 Å². The van der Waals surface area contributed by atoms with Gasteiger partial charge in [0.2, 0.25) is 0 Å². The Morgan fingerprint density at radius 3 is 1.78 bits per heavy atom. The van der Waals surface area contributed by atoms with E-state index in [2.05, 4.69) is 41.3 Å². The minimum Gasteiger partial charge on any atom is -0.375 e. The van der Waals surface area contributed by atoms with Gasteiger partial charge >= 0.3 is 0 Å². The minimum atomic E-state index is -0.258. The predicted octanol–water partition coefficient (Wildman–Crippen LogP) is 5.30. The zero-order valence-electron chi connectivity index (χ0n) is 20.7. The SMILES string of the molecule is CC1=CC(=O)C[C@@H]2[C@@H](OCc3ccccc3)[C@H](OCc3ccccc3)[C@@H](COCc3ccccc3)N12. The molecule has 186 valence electrons. The molecule has 0 N–H and O–H groups in total. The lowest BCUT2D eigenvalue weighted by Gasteiger charge is -2.36. The standard InChI is InChI=1S/C31H33NO4/c1-23-17-27(33)18-28-30(35-20-25-13-7-3-8-14-25)31(36-21-26-15-9-4-10-16-26)29(32(23)28)22-34-19-24-11-5-2-6-12-24/h2-17,28-31H,18-22H2,1H3/t28-,29-,30-,31-/m1/s1. The van der Waals surface area contributed by atoms with Crippen LogP contribution in [-0.4, -0.2) is 41.6 Å². The fourth-order valence-corrected chi connectivity index (χ4v) is 5.30. The van der Waals surface area contributed by atoms with Gasteiger partial charge in [-0.3, -0.25) is 4.79 Å². The van der Waals surface area contributed by atoms with Gasteiger partial charge in [-0.25, -0.2) is 0 Å². The monoisotopic (exact) mass is 483 g/mol. The van der Waals surface area contributed by atoms with E-state index in [1.807, 2.05) is 61.5 Å². The van der Waals surface area contributed by atoms with Gasteiger partial charge in [0, 0.05) is 18.2 Å². The summed E-state index contributed by atoms with van der Waals surface area (Å²) in [6, 6.07) is 30.4. The molecular weight excluding hydrogens is 450 g/mol. The summed E-state index contributed by atoms with van der Waals surface area (Å²) in [5, 5.41) is 0. The molecule has 5 heteroatoms. The van der Waals surface area contributed by atoms with E-state index in [1.165, 1.54) is 0 Å². The van der Waals surface area contributed by atoms with E-state index in [1.54, 1.807) is 6.08 Å². The third-order valence-corrected chi connectivity index (χ3v) is 6.96. The van der Waals surface area contributed by atoms with Crippen LogP contribution in [0.15, 0.2) is 103 Å². The number of ether oxygens (including phenoxy) is 3. The average Bonchev–Trinajstić information content (AvgIpc) is 3.20. The number of carbonyl (C=O) groups is 1.